The van der Waals surface area contributed by atoms with Crippen LogP contribution in [-0.2, 0) is 4.79 Å². The van der Waals surface area contributed by atoms with Crippen molar-refractivity contribution in [3.8, 4) is 0 Å². The molecule has 0 spiro atoms. The van der Waals surface area contributed by atoms with Crippen LogP contribution in [0.15, 0.2) is 36.5 Å². The van der Waals surface area contributed by atoms with Crippen molar-refractivity contribution in [2.45, 2.75) is 19.9 Å². The van der Waals surface area contributed by atoms with Crippen molar-refractivity contribution >= 4 is 51.6 Å². The number of nitrogens with zero attached hydrogens (tertiary/aromatic N) is 1. The molecule has 110 valence electrons. The molecule has 0 aliphatic carbocycles. The van der Waals surface area contributed by atoms with Crippen molar-refractivity contribution in [2.24, 2.45) is 0 Å². The van der Waals surface area contributed by atoms with Gasteiger partial charge in [0.15, 0.2) is 0 Å². The van der Waals surface area contributed by atoms with Crippen LogP contribution in [0.25, 0.3) is 0 Å². The summed E-state index contributed by atoms with van der Waals surface area (Å²) in [5.41, 5.74) is 2.13. The predicted molar refractivity (Wildman–Crippen MR) is 94.9 cm³/mol. The second-order valence-corrected chi connectivity index (χ2v) is 6.28. The van der Waals surface area contributed by atoms with Crippen LogP contribution in [-0.4, -0.2) is 16.9 Å². The third kappa shape index (κ3) is 4.57. The topological polar surface area (TPSA) is 54.0 Å². The standard InChI is InChI=1S/C15H15ClIN3O/c1-9-3-5-12(7-13(9)17)19-10(2)15(21)20-14-6-4-11(16)8-18-14/h3-8,10,19H,1-2H3,(H,18,20,21)/t10-/m0/s1. The normalized spacial score (nSPS) is 11.8. The SMILES string of the molecule is Cc1ccc(N[C@@H](C)C(=O)Nc2ccc(Cl)cn2)cc1I. The zero-order valence-corrected chi connectivity index (χ0v) is 14.6. The second-order valence-electron chi connectivity index (χ2n) is 4.68. The number of hydrogen-bond donors (Lipinski definition) is 2. The van der Waals surface area contributed by atoms with Crippen molar-refractivity contribution in [1.29, 1.82) is 0 Å². The third-order valence-electron chi connectivity index (χ3n) is 2.93. The van der Waals surface area contributed by atoms with Crippen molar-refractivity contribution in [3.05, 3.63) is 50.7 Å². The molecule has 1 amide bonds. The number of aryl methyl sites for hydroxylation is 1. The number of halogens is 2. The quantitative estimate of drug-likeness (QED) is 0.740. The predicted octanol–water partition coefficient (Wildman–Crippen LogP) is 4.09. The molecule has 0 saturated heterocycles. The lowest BCUT2D eigenvalue weighted by Crippen LogP contribution is -2.32. The molecule has 0 radical (unpaired) electrons. The van der Waals surface area contributed by atoms with Gasteiger partial charge in [-0.2, -0.15) is 0 Å². The summed E-state index contributed by atoms with van der Waals surface area (Å²) >= 11 is 8.03. The van der Waals surface area contributed by atoms with Crippen molar-refractivity contribution in [3.63, 3.8) is 0 Å². The highest BCUT2D eigenvalue weighted by Crippen LogP contribution is 2.18. The van der Waals surface area contributed by atoms with E-state index in [1.165, 1.54) is 11.8 Å². The van der Waals surface area contributed by atoms with Crippen LogP contribution in [0.1, 0.15) is 12.5 Å². The molecular formula is C15H15ClIN3O. The molecule has 4 nitrogen and oxygen atoms in total. The van der Waals surface area contributed by atoms with Gasteiger partial charge in [-0.25, -0.2) is 4.98 Å². The first kappa shape index (κ1) is 16.0. The lowest BCUT2D eigenvalue weighted by molar-refractivity contribution is -0.116. The minimum atomic E-state index is -0.374. The fraction of sp³-hybridized carbons (Fsp3) is 0.200. The first-order valence-electron chi connectivity index (χ1n) is 6.41. The summed E-state index contributed by atoms with van der Waals surface area (Å²) in [4.78, 5) is 16.1. The molecule has 2 aromatic rings. The van der Waals surface area contributed by atoms with Gasteiger partial charge in [0, 0.05) is 15.5 Å². The van der Waals surface area contributed by atoms with Gasteiger partial charge in [-0.3, -0.25) is 4.79 Å². The molecule has 0 unspecified atom stereocenters. The lowest BCUT2D eigenvalue weighted by Gasteiger charge is -2.15. The highest BCUT2D eigenvalue weighted by Gasteiger charge is 2.13. The summed E-state index contributed by atoms with van der Waals surface area (Å²) in [6.45, 7) is 3.85. The number of benzene rings is 1. The highest BCUT2D eigenvalue weighted by molar-refractivity contribution is 14.1. The largest absolute Gasteiger partial charge is 0.374 e. The summed E-state index contributed by atoms with van der Waals surface area (Å²) in [7, 11) is 0. The molecule has 0 saturated carbocycles. The van der Waals surface area contributed by atoms with Crippen molar-refractivity contribution in [1.82, 2.24) is 4.98 Å². The summed E-state index contributed by atoms with van der Waals surface area (Å²) in [6, 6.07) is 8.98. The average Bonchev–Trinajstić information content (AvgIpc) is 2.45. The maximum atomic E-state index is 12.1. The Labute approximate surface area is 142 Å². The number of hydrogen-bond acceptors (Lipinski definition) is 3. The Morgan fingerprint density at radius 2 is 2.10 bits per heavy atom. The molecule has 1 aromatic carbocycles. The van der Waals surface area contributed by atoms with Crippen LogP contribution in [0.4, 0.5) is 11.5 Å². The number of aromatic nitrogens is 1. The van der Waals surface area contributed by atoms with Crippen LogP contribution in [0.2, 0.25) is 5.02 Å². The van der Waals surface area contributed by atoms with Gasteiger partial charge in [-0.15, -0.1) is 0 Å². The maximum Gasteiger partial charge on any atom is 0.247 e. The van der Waals surface area contributed by atoms with E-state index in [4.69, 9.17) is 11.6 Å². The molecule has 0 bridgehead atoms. The van der Waals surface area contributed by atoms with E-state index in [0.717, 1.165) is 9.26 Å². The van der Waals surface area contributed by atoms with Gasteiger partial charge < -0.3 is 10.6 Å². The first-order chi connectivity index (χ1) is 9.95. The fourth-order valence-corrected chi connectivity index (χ4v) is 2.31. The minimum absolute atomic E-state index is 0.152. The average molecular weight is 416 g/mol. The van der Waals surface area contributed by atoms with Crippen molar-refractivity contribution in [2.75, 3.05) is 10.6 Å². The Bertz CT molecular complexity index is 646. The molecule has 2 rings (SSSR count). The Balaban J connectivity index is 1.98. The number of carbonyl (C=O) groups is 1. The minimum Gasteiger partial charge on any atom is -0.374 e. The molecule has 1 atom stereocenters. The van der Waals surface area contributed by atoms with E-state index in [9.17, 15) is 4.79 Å². The molecule has 2 N–H and O–H groups in total. The van der Waals surface area contributed by atoms with Crippen LogP contribution in [0.5, 0.6) is 0 Å². The molecule has 21 heavy (non-hydrogen) atoms. The Kier molecular flexibility index (Phi) is 5.41. The van der Waals surface area contributed by atoms with Crippen LogP contribution >= 0.6 is 34.2 Å². The van der Waals surface area contributed by atoms with Gasteiger partial charge in [0.25, 0.3) is 0 Å². The number of pyridine rings is 1. The smallest absolute Gasteiger partial charge is 0.247 e. The molecule has 1 heterocycles. The van der Waals surface area contributed by atoms with E-state index < -0.39 is 0 Å². The molecule has 0 fully saturated rings. The second kappa shape index (κ2) is 7.09. The van der Waals surface area contributed by atoms with E-state index in [1.54, 1.807) is 19.1 Å². The van der Waals surface area contributed by atoms with E-state index in [-0.39, 0.29) is 11.9 Å². The molecule has 6 heteroatoms. The van der Waals surface area contributed by atoms with Crippen LogP contribution in [0.3, 0.4) is 0 Å². The van der Waals surface area contributed by atoms with Crippen molar-refractivity contribution < 1.29 is 4.79 Å². The summed E-state index contributed by atoms with van der Waals surface area (Å²) in [5.74, 6) is 0.331. The van der Waals surface area contributed by atoms with E-state index in [0.29, 0.717) is 10.8 Å². The Morgan fingerprint density at radius 1 is 1.33 bits per heavy atom. The number of amides is 1. The van der Waals surface area contributed by atoms with Gasteiger partial charge in [0.2, 0.25) is 5.91 Å². The molecule has 1 aromatic heterocycles. The number of anilines is 2. The van der Waals surface area contributed by atoms with Gasteiger partial charge in [0.1, 0.15) is 11.9 Å². The van der Waals surface area contributed by atoms with E-state index in [2.05, 4.69) is 38.2 Å². The zero-order valence-electron chi connectivity index (χ0n) is 11.7. The highest BCUT2D eigenvalue weighted by atomic mass is 127. The summed E-state index contributed by atoms with van der Waals surface area (Å²) in [5, 5.41) is 6.45. The maximum absolute atomic E-state index is 12.1. The monoisotopic (exact) mass is 415 g/mol. The van der Waals surface area contributed by atoms with E-state index >= 15 is 0 Å². The van der Waals surface area contributed by atoms with Crippen LogP contribution < -0.4 is 10.6 Å². The summed E-state index contributed by atoms with van der Waals surface area (Å²) < 4.78 is 1.16. The van der Waals surface area contributed by atoms with Gasteiger partial charge in [-0.05, 0) is 66.3 Å². The van der Waals surface area contributed by atoms with Gasteiger partial charge in [0.05, 0.1) is 5.02 Å². The fourth-order valence-electron chi connectivity index (χ4n) is 1.68. The summed E-state index contributed by atoms with van der Waals surface area (Å²) in [6.07, 6.45) is 1.50. The lowest BCUT2D eigenvalue weighted by atomic mass is 10.2. The Hall–Kier alpha value is -1.34. The Morgan fingerprint density at radius 3 is 2.71 bits per heavy atom. The van der Waals surface area contributed by atoms with Crippen LogP contribution in [0, 0.1) is 10.5 Å². The number of carbonyl (C=O) groups excluding carboxylic acids is 1. The first-order valence-corrected chi connectivity index (χ1v) is 7.86. The molecular weight excluding hydrogens is 401 g/mol. The number of rotatable bonds is 4. The van der Waals surface area contributed by atoms with E-state index in [1.807, 2.05) is 25.1 Å². The molecule has 0 aliphatic rings. The van der Waals surface area contributed by atoms with Gasteiger partial charge in [-0.1, -0.05) is 17.7 Å². The van der Waals surface area contributed by atoms with Gasteiger partial charge >= 0.3 is 0 Å². The zero-order chi connectivity index (χ0) is 15.4. The number of nitrogens with one attached hydrogen (secondary N) is 2. The third-order valence-corrected chi connectivity index (χ3v) is 4.31. The molecule has 0 aliphatic heterocycles.